The van der Waals surface area contributed by atoms with Gasteiger partial charge in [0.1, 0.15) is 0 Å². The van der Waals surface area contributed by atoms with Crippen LogP contribution in [0.15, 0.2) is 34.1 Å². The van der Waals surface area contributed by atoms with E-state index < -0.39 is 0 Å². The minimum atomic E-state index is 0.265. The molecular weight excluding hydrogens is 314 g/mol. The number of anilines is 1. The van der Waals surface area contributed by atoms with Gasteiger partial charge in [0, 0.05) is 26.5 Å². The van der Waals surface area contributed by atoms with E-state index in [9.17, 15) is 0 Å². The molecule has 0 saturated heterocycles. The van der Waals surface area contributed by atoms with Gasteiger partial charge in [0.15, 0.2) is 11.5 Å². The first-order valence-corrected chi connectivity index (χ1v) is 7.30. The molecular formula is C13H12BrNO2S. The lowest BCUT2D eigenvalue weighted by Gasteiger charge is -2.13. The maximum absolute atomic E-state index is 5.36. The second-order valence-corrected chi connectivity index (χ2v) is 5.96. The van der Waals surface area contributed by atoms with Crippen molar-refractivity contribution in [1.82, 2.24) is 0 Å². The molecule has 18 heavy (non-hydrogen) atoms. The average Bonchev–Trinajstić information content (AvgIpc) is 2.96. The number of halogens is 1. The number of hydrogen-bond donors (Lipinski definition) is 1. The van der Waals surface area contributed by atoms with Crippen LogP contribution in [-0.4, -0.2) is 6.79 Å². The maximum Gasteiger partial charge on any atom is 0.231 e. The van der Waals surface area contributed by atoms with Crippen molar-refractivity contribution < 1.29 is 9.47 Å². The van der Waals surface area contributed by atoms with E-state index in [1.165, 1.54) is 4.88 Å². The molecule has 1 atom stereocenters. The SMILES string of the molecule is CC(Nc1ccc2c(c1)OCO2)c1cc(Br)cs1. The zero-order valence-corrected chi connectivity index (χ0v) is 12.2. The van der Waals surface area contributed by atoms with Crippen molar-refractivity contribution in [2.75, 3.05) is 12.1 Å². The van der Waals surface area contributed by atoms with E-state index in [2.05, 4.69) is 39.6 Å². The van der Waals surface area contributed by atoms with Gasteiger partial charge in [-0.1, -0.05) is 0 Å². The second-order valence-electron chi connectivity index (χ2n) is 4.10. The number of benzene rings is 1. The Morgan fingerprint density at radius 3 is 2.89 bits per heavy atom. The van der Waals surface area contributed by atoms with Gasteiger partial charge in [-0.15, -0.1) is 11.3 Å². The molecule has 0 bridgehead atoms. The molecule has 0 spiro atoms. The summed E-state index contributed by atoms with van der Waals surface area (Å²) in [7, 11) is 0. The van der Waals surface area contributed by atoms with Crippen LogP contribution in [0, 0.1) is 0 Å². The lowest BCUT2D eigenvalue weighted by Crippen LogP contribution is -2.04. The third-order valence-electron chi connectivity index (χ3n) is 2.77. The Balaban J connectivity index is 1.76. The first kappa shape index (κ1) is 11.9. The fourth-order valence-electron chi connectivity index (χ4n) is 1.86. The first-order chi connectivity index (χ1) is 8.72. The summed E-state index contributed by atoms with van der Waals surface area (Å²) in [6.07, 6.45) is 0. The molecule has 1 N–H and O–H groups in total. The van der Waals surface area contributed by atoms with E-state index in [0.29, 0.717) is 6.79 Å². The molecule has 0 fully saturated rings. The van der Waals surface area contributed by atoms with E-state index in [-0.39, 0.29) is 6.04 Å². The predicted molar refractivity (Wildman–Crippen MR) is 76.6 cm³/mol. The molecule has 5 heteroatoms. The fourth-order valence-corrected chi connectivity index (χ4v) is 3.32. The lowest BCUT2D eigenvalue weighted by atomic mass is 10.2. The smallest absolute Gasteiger partial charge is 0.231 e. The van der Waals surface area contributed by atoms with Crippen LogP contribution in [0.2, 0.25) is 0 Å². The molecule has 1 aliphatic rings. The summed E-state index contributed by atoms with van der Waals surface area (Å²) in [5, 5.41) is 5.55. The summed E-state index contributed by atoms with van der Waals surface area (Å²) in [5.41, 5.74) is 1.04. The third kappa shape index (κ3) is 2.33. The number of fused-ring (bicyclic) bond motifs is 1. The Morgan fingerprint density at radius 1 is 1.28 bits per heavy atom. The molecule has 1 unspecified atom stereocenters. The van der Waals surface area contributed by atoms with Crippen LogP contribution in [0.3, 0.4) is 0 Å². The highest BCUT2D eigenvalue weighted by Gasteiger charge is 2.14. The number of hydrogen-bond acceptors (Lipinski definition) is 4. The van der Waals surface area contributed by atoms with Gasteiger partial charge in [-0.2, -0.15) is 0 Å². The van der Waals surface area contributed by atoms with E-state index in [4.69, 9.17) is 9.47 Å². The molecule has 0 saturated carbocycles. The molecule has 2 heterocycles. The standard InChI is InChI=1S/C13H12BrNO2S/c1-8(13-4-9(14)6-18-13)15-10-2-3-11-12(5-10)17-7-16-11/h2-6,8,15H,7H2,1H3. The van der Waals surface area contributed by atoms with Crippen molar-refractivity contribution in [2.24, 2.45) is 0 Å². The number of ether oxygens (including phenoxy) is 2. The summed E-state index contributed by atoms with van der Waals surface area (Å²) in [6, 6.07) is 8.31. The van der Waals surface area contributed by atoms with Crippen LogP contribution in [0.1, 0.15) is 17.8 Å². The van der Waals surface area contributed by atoms with Crippen LogP contribution in [0.25, 0.3) is 0 Å². The molecule has 1 aromatic heterocycles. The topological polar surface area (TPSA) is 30.5 Å². The third-order valence-corrected chi connectivity index (χ3v) is 4.65. The van der Waals surface area contributed by atoms with Gasteiger partial charge in [-0.25, -0.2) is 0 Å². The van der Waals surface area contributed by atoms with Crippen LogP contribution in [0.4, 0.5) is 5.69 Å². The van der Waals surface area contributed by atoms with E-state index in [0.717, 1.165) is 21.7 Å². The minimum Gasteiger partial charge on any atom is -0.454 e. The van der Waals surface area contributed by atoms with Crippen molar-refractivity contribution in [3.63, 3.8) is 0 Å². The molecule has 1 aliphatic heterocycles. The summed E-state index contributed by atoms with van der Waals surface area (Å²) in [4.78, 5) is 1.29. The van der Waals surface area contributed by atoms with Crippen molar-refractivity contribution >= 4 is 33.0 Å². The number of thiophene rings is 1. The van der Waals surface area contributed by atoms with Crippen LogP contribution in [0.5, 0.6) is 11.5 Å². The summed E-state index contributed by atoms with van der Waals surface area (Å²) < 4.78 is 11.8. The molecule has 0 radical (unpaired) electrons. The van der Waals surface area contributed by atoms with E-state index in [1.807, 2.05) is 18.2 Å². The highest BCUT2D eigenvalue weighted by atomic mass is 79.9. The maximum atomic E-state index is 5.36. The second kappa shape index (κ2) is 4.82. The van der Waals surface area contributed by atoms with E-state index in [1.54, 1.807) is 11.3 Å². The van der Waals surface area contributed by atoms with Crippen LogP contribution >= 0.6 is 27.3 Å². The largest absolute Gasteiger partial charge is 0.454 e. The van der Waals surface area contributed by atoms with E-state index >= 15 is 0 Å². The van der Waals surface area contributed by atoms with Gasteiger partial charge in [0.25, 0.3) is 0 Å². The van der Waals surface area contributed by atoms with Crippen molar-refractivity contribution in [2.45, 2.75) is 13.0 Å². The van der Waals surface area contributed by atoms with Crippen LogP contribution < -0.4 is 14.8 Å². The zero-order chi connectivity index (χ0) is 12.5. The van der Waals surface area contributed by atoms with Gasteiger partial charge in [-0.05, 0) is 41.1 Å². The fraction of sp³-hybridized carbons (Fsp3) is 0.231. The minimum absolute atomic E-state index is 0.265. The van der Waals surface area contributed by atoms with Crippen molar-refractivity contribution in [3.05, 3.63) is 39.0 Å². The summed E-state index contributed by atoms with van der Waals surface area (Å²) in [5.74, 6) is 1.62. The molecule has 0 amide bonds. The lowest BCUT2D eigenvalue weighted by molar-refractivity contribution is 0.174. The Morgan fingerprint density at radius 2 is 2.11 bits per heavy atom. The molecule has 3 nitrogen and oxygen atoms in total. The normalized spacial score (nSPS) is 14.6. The first-order valence-electron chi connectivity index (χ1n) is 5.62. The average molecular weight is 326 g/mol. The Kier molecular flexibility index (Phi) is 3.18. The summed E-state index contributed by atoms with van der Waals surface area (Å²) in [6.45, 7) is 2.45. The summed E-state index contributed by atoms with van der Waals surface area (Å²) >= 11 is 5.21. The van der Waals surface area contributed by atoms with Gasteiger partial charge in [-0.3, -0.25) is 0 Å². The Hall–Kier alpha value is -1.20. The quantitative estimate of drug-likeness (QED) is 0.906. The zero-order valence-electron chi connectivity index (χ0n) is 9.77. The molecule has 0 aliphatic carbocycles. The van der Waals surface area contributed by atoms with Gasteiger partial charge in [0.05, 0.1) is 6.04 Å². The molecule has 1 aromatic carbocycles. The highest BCUT2D eigenvalue weighted by Crippen LogP contribution is 2.35. The Bertz CT molecular complexity index is 570. The number of rotatable bonds is 3. The molecule has 3 rings (SSSR count). The molecule has 94 valence electrons. The Labute approximate surface area is 118 Å². The number of nitrogens with one attached hydrogen (secondary N) is 1. The van der Waals surface area contributed by atoms with Crippen molar-refractivity contribution in [1.29, 1.82) is 0 Å². The monoisotopic (exact) mass is 325 g/mol. The van der Waals surface area contributed by atoms with Gasteiger partial charge < -0.3 is 14.8 Å². The van der Waals surface area contributed by atoms with Crippen LogP contribution in [-0.2, 0) is 0 Å². The molecule has 2 aromatic rings. The van der Waals surface area contributed by atoms with Crippen molar-refractivity contribution in [3.8, 4) is 11.5 Å². The van der Waals surface area contributed by atoms with Gasteiger partial charge in [0.2, 0.25) is 6.79 Å². The highest BCUT2D eigenvalue weighted by molar-refractivity contribution is 9.10. The predicted octanol–water partition coefficient (Wildman–Crippen LogP) is 4.41. The van der Waals surface area contributed by atoms with Gasteiger partial charge >= 0.3 is 0 Å².